The van der Waals surface area contributed by atoms with Crippen LogP contribution in [0.1, 0.15) is 24.1 Å². The molecular weight excluding hydrogens is 658 g/mol. The van der Waals surface area contributed by atoms with Gasteiger partial charge in [-0.1, -0.05) is 60.5 Å². The third kappa shape index (κ3) is 6.67. The lowest BCUT2D eigenvalue weighted by molar-refractivity contribution is 0.472. The lowest BCUT2D eigenvalue weighted by atomic mass is 10.0. The molecule has 260 valence electrons. The maximum atomic E-state index is 11.9. The molecule has 0 amide bonds. The van der Waals surface area contributed by atoms with E-state index in [0.717, 1.165) is 49.0 Å². The molecule has 0 saturated carbocycles. The molecule has 9 aromatic rings. The van der Waals surface area contributed by atoms with Crippen LogP contribution in [-0.4, -0.2) is 20.3 Å². The summed E-state index contributed by atoms with van der Waals surface area (Å²) in [5, 5.41) is 35.2. The minimum absolute atomic E-state index is 0. The lowest BCUT2D eigenvalue weighted by Crippen LogP contribution is -2.06. The van der Waals surface area contributed by atoms with Gasteiger partial charge in [0.05, 0.1) is 16.3 Å². The molecule has 9 rings (SSSR count). The molecule has 52 heavy (non-hydrogen) atoms. The quantitative estimate of drug-likeness (QED) is 0.0905. The molecule has 9 nitrogen and oxygen atoms in total. The summed E-state index contributed by atoms with van der Waals surface area (Å²) in [7, 11) is 0. The molecule has 0 saturated heterocycles. The van der Waals surface area contributed by atoms with Crippen molar-refractivity contribution in [1.29, 1.82) is 0 Å². The van der Waals surface area contributed by atoms with Crippen LogP contribution in [0.25, 0.3) is 65.2 Å². The zero-order chi connectivity index (χ0) is 36.0. The van der Waals surface area contributed by atoms with Gasteiger partial charge >= 0.3 is 11.3 Å². The fourth-order valence-electron chi connectivity index (χ4n) is 6.21. The number of fused-ring (bicyclic) bond motifs is 9. The van der Waals surface area contributed by atoms with Crippen LogP contribution < -0.4 is 16.8 Å². The SMILES string of the molecule is C.Cc1ccc2c(c1)c(=O)[nH]c1cc(O)ccc12.Cc1ccc2c(c1)c(=O)oc1cc(O)ccc12.Cc1ccc2c(c1)c(=O)oc1cc(O)ccc12. The minimum Gasteiger partial charge on any atom is -0.508 e. The number of H-pyrrole nitrogens is 1. The smallest absolute Gasteiger partial charge is 0.344 e. The van der Waals surface area contributed by atoms with Crippen LogP contribution >= 0.6 is 0 Å². The summed E-state index contributed by atoms with van der Waals surface area (Å²) in [6.07, 6.45) is 0. The Morgan fingerprint density at radius 2 is 0.788 bits per heavy atom. The van der Waals surface area contributed by atoms with E-state index < -0.39 is 0 Å². The molecule has 0 fully saturated rings. The van der Waals surface area contributed by atoms with Crippen molar-refractivity contribution < 1.29 is 24.2 Å². The first-order valence-corrected chi connectivity index (χ1v) is 16.0. The number of nitrogens with one attached hydrogen (secondary N) is 1. The zero-order valence-electron chi connectivity index (χ0n) is 27.8. The summed E-state index contributed by atoms with van der Waals surface area (Å²) in [5.41, 5.74) is 3.70. The van der Waals surface area contributed by atoms with Crippen LogP contribution in [0.2, 0.25) is 0 Å². The summed E-state index contributed by atoms with van der Waals surface area (Å²) in [6, 6.07) is 31.7. The highest BCUT2D eigenvalue weighted by Gasteiger charge is 2.10. The van der Waals surface area contributed by atoms with Crippen molar-refractivity contribution in [1.82, 2.24) is 4.98 Å². The zero-order valence-corrected chi connectivity index (χ0v) is 27.8. The van der Waals surface area contributed by atoms with Gasteiger partial charge in [0.1, 0.15) is 28.4 Å². The fraction of sp³-hybridized carbons (Fsp3) is 0.0930. The van der Waals surface area contributed by atoms with Crippen LogP contribution in [0.5, 0.6) is 17.2 Å². The molecule has 3 aromatic heterocycles. The number of benzene rings is 6. The summed E-state index contributed by atoms with van der Waals surface area (Å²) in [4.78, 5) is 38.3. The number of hydrogen-bond acceptors (Lipinski definition) is 8. The number of hydrogen-bond donors (Lipinski definition) is 4. The Kier molecular flexibility index (Phi) is 9.28. The van der Waals surface area contributed by atoms with Crippen molar-refractivity contribution in [2.75, 3.05) is 0 Å². The second-order valence-electron chi connectivity index (χ2n) is 12.5. The van der Waals surface area contributed by atoms with Gasteiger partial charge in [0.2, 0.25) is 0 Å². The second-order valence-corrected chi connectivity index (χ2v) is 12.5. The van der Waals surface area contributed by atoms with Gasteiger partial charge in [-0.05, 0) is 91.5 Å². The molecule has 0 aliphatic carbocycles. The maximum Gasteiger partial charge on any atom is 0.344 e. The largest absolute Gasteiger partial charge is 0.508 e. The van der Waals surface area contributed by atoms with E-state index in [-0.39, 0.29) is 41.5 Å². The van der Waals surface area contributed by atoms with Crippen LogP contribution in [0.15, 0.2) is 132 Å². The third-order valence-corrected chi connectivity index (χ3v) is 8.67. The molecule has 0 bridgehead atoms. The summed E-state index contributed by atoms with van der Waals surface area (Å²) in [5.74, 6) is 0.332. The number of phenols is 3. The molecule has 0 radical (unpaired) electrons. The summed E-state index contributed by atoms with van der Waals surface area (Å²) in [6.45, 7) is 5.82. The van der Waals surface area contributed by atoms with Crippen molar-refractivity contribution in [3.63, 3.8) is 0 Å². The first-order chi connectivity index (χ1) is 24.4. The Labute approximate surface area is 296 Å². The molecule has 4 N–H and O–H groups in total. The van der Waals surface area contributed by atoms with Crippen molar-refractivity contribution in [3.8, 4) is 17.2 Å². The van der Waals surface area contributed by atoms with Gasteiger partial charge < -0.3 is 29.1 Å². The highest BCUT2D eigenvalue weighted by atomic mass is 16.4. The van der Waals surface area contributed by atoms with E-state index in [1.165, 1.54) is 12.1 Å². The Morgan fingerprint density at radius 3 is 1.25 bits per heavy atom. The van der Waals surface area contributed by atoms with Gasteiger partial charge in [-0.25, -0.2) is 9.59 Å². The van der Waals surface area contributed by atoms with E-state index in [9.17, 15) is 29.7 Å². The van der Waals surface area contributed by atoms with Crippen molar-refractivity contribution in [2.45, 2.75) is 28.2 Å². The topological polar surface area (TPSA) is 154 Å². The number of rotatable bonds is 0. The van der Waals surface area contributed by atoms with Crippen LogP contribution in [0.3, 0.4) is 0 Å². The normalized spacial score (nSPS) is 10.9. The van der Waals surface area contributed by atoms with E-state index in [4.69, 9.17) is 8.83 Å². The molecule has 0 unspecified atom stereocenters. The average Bonchev–Trinajstić information content (AvgIpc) is 3.09. The number of aromatic amines is 1. The van der Waals surface area contributed by atoms with Crippen LogP contribution in [-0.2, 0) is 0 Å². The number of aromatic hydroxyl groups is 3. The van der Waals surface area contributed by atoms with E-state index in [0.29, 0.717) is 32.8 Å². The highest BCUT2D eigenvalue weighted by Crippen LogP contribution is 2.28. The van der Waals surface area contributed by atoms with Crippen LogP contribution in [0.4, 0.5) is 0 Å². The maximum absolute atomic E-state index is 11.9. The minimum atomic E-state index is -0.373. The molecule has 0 aliphatic rings. The third-order valence-electron chi connectivity index (χ3n) is 8.67. The fourth-order valence-corrected chi connectivity index (χ4v) is 6.21. The van der Waals surface area contributed by atoms with Crippen LogP contribution in [0, 0.1) is 20.8 Å². The van der Waals surface area contributed by atoms with E-state index >= 15 is 0 Å². The monoisotopic (exact) mass is 693 g/mol. The first-order valence-electron chi connectivity index (χ1n) is 16.0. The molecule has 3 heterocycles. The Bertz CT molecular complexity index is 2680. The second kappa shape index (κ2) is 13.8. The summed E-state index contributed by atoms with van der Waals surface area (Å²) < 4.78 is 10.4. The average molecular weight is 694 g/mol. The number of aromatic nitrogens is 1. The van der Waals surface area contributed by atoms with E-state index in [2.05, 4.69) is 4.98 Å². The number of phenolic OH excluding ortho intramolecular Hbond substituents is 3. The van der Waals surface area contributed by atoms with Gasteiger partial charge in [0, 0.05) is 39.7 Å². The molecule has 0 atom stereocenters. The van der Waals surface area contributed by atoms with E-state index in [1.54, 1.807) is 36.4 Å². The Morgan fingerprint density at radius 1 is 0.423 bits per heavy atom. The van der Waals surface area contributed by atoms with E-state index in [1.807, 2.05) is 81.4 Å². The number of pyridine rings is 1. The molecule has 0 aliphatic heterocycles. The lowest BCUT2D eigenvalue weighted by Gasteiger charge is -2.04. The van der Waals surface area contributed by atoms with Gasteiger partial charge in [0.25, 0.3) is 5.56 Å². The molecular formula is C43H35NO8. The predicted octanol–water partition coefficient (Wildman–Crippen LogP) is 9.25. The van der Waals surface area contributed by atoms with Gasteiger partial charge in [-0.15, -0.1) is 0 Å². The van der Waals surface area contributed by atoms with Gasteiger partial charge in [-0.2, -0.15) is 0 Å². The molecule has 6 aromatic carbocycles. The molecule has 0 spiro atoms. The Hall–Kier alpha value is -6.87. The van der Waals surface area contributed by atoms with Crippen molar-refractivity contribution in [3.05, 3.63) is 157 Å². The van der Waals surface area contributed by atoms with Crippen molar-refractivity contribution in [2.24, 2.45) is 0 Å². The van der Waals surface area contributed by atoms with Gasteiger partial charge in [0.15, 0.2) is 0 Å². The first kappa shape index (κ1) is 35.0. The number of aryl methyl sites for hydroxylation is 3. The standard InChI is InChI=1S/C14H11NO2.2C14H10O3.CH4/c1-8-2-4-10-11-5-3-9(16)7-13(11)15-14(17)12(10)6-8;2*1-8-2-4-10-11-5-3-9(15)7-13(11)17-14(16)12(10)6-8;/h2-7,16H,1H3,(H,15,17);2*2-7,15H,1H3;1H4. The van der Waals surface area contributed by atoms with Crippen molar-refractivity contribution >= 4 is 65.2 Å². The van der Waals surface area contributed by atoms with Gasteiger partial charge in [-0.3, -0.25) is 4.79 Å². The predicted molar refractivity (Wildman–Crippen MR) is 208 cm³/mol. The summed E-state index contributed by atoms with van der Waals surface area (Å²) >= 11 is 0. The highest BCUT2D eigenvalue weighted by molar-refractivity contribution is 6.07. The molecule has 9 heteroatoms. The Balaban J connectivity index is 0.000000133.